The van der Waals surface area contributed by atoms with Crippen molar-refractivity contribution >= 4 is 29.9 Å². The van der Waals surface area contributed by atoms with E-state index in [0.717, 1.165) is 12.8 Å². The Balaban J connectivity index is 0.00000341. The Morgan fingerprint density at radius 3 is 2.45 bits per heavy atom. The smallest absolute Gasteiger partial charge is 0.191 e. The van der Waals surface area contributed by atoms with Crippen LogP contribution in [0.3, 0.4) is 0 Å². The molecule has 1 heterocycles. The molecule has 1 aromatic carbocycles. The second kappa shape index (κ2) is 10.7. The van der Waals surface area contributed by atoms with Crippen LogP contribution in [-0.4, -0.2) is 40.5 Å². The molecular weight excluding hydrogens is 515 g/mol. The van der Waals surface area contributed by atoms with Crippen LogP contribution >= 0.6 is 24.0 Å². The normalized spacial score (nSPS) is 17.7. The highest BCUT2D eigenvalue weighted by molar-refractivity contribution is 14.0. The maximum atomic E-state index is 14.6. The summed E-state index contributed by atoms with van der Waals surface area (Å²) in [6.07, 6.45) is 6.65. The minimum atomic E-state index is -1.18. The number of aliphatic imine (C=N–C) groups is 1. The highest BCUT2D eigenvalue weighted by Gasteiger charge is 2.40. The molecule has 1 aliphatic rings. The van der Waals surface area contributed by atoms with Gasteiger partial charge in [-0.1, -0.05) is 18.9 Å². The second-order valence-electron chi connectivity index (χ2n) is 8.31. The highest BCUT2D eigenvalue weighted by Crippen LogP contribution is 2.42. The van der Waals surface area contributed by atoms with Crippen LogP contribution in [0.1, 0.15) is 50.7 Å². The summed E-state index contributed by atoms with van der Waals surface area (Å²) in [5.41, 5.74) is -0.963. The number of guanidine groups is 1. The van der Waals surface area contributed by atoms with Crippen LogP contribution in [0.15, 0.2) is 35.6 Å². The average molecular weight is 547 g/mol. The van der Waals surface area contributed by atoms with E-state index in [0.29, 0.717) is 37.5 Å². The molecule has 0 saturated heterocycles. The first-order valence-corrected chi connectivity index (χ1v) is 10.5. The molecule has 3 rings (SSSR count). The summed E-state index contributed by atoms with van der Waals surface area (Å²) < 4.78 is 30.7. The Kier molecular flexibility index (Phi) is 8.82. The van der Waals surface area contributed by atoms with Crippen molar-refractivity contribution in [3.05, 3.63) is 53.4 Å². The minimum absolute atomic E-state index is 0. The Labute approximate surface area is 199 Å². The number of hydrogen-bond donors (Lipinski definition) is 3. The molecule has 1 atom stereocenters. The summed E-state index contributed by atoms with van der Waals surface area (Å²) >= 11 is 0. The highest BCUT2D eigenvalue weighted by atomic mass is 127. The molecule has 6 nitrogen and oxygen atoms in total. The summed E-state index contributed by atoms with van der Waals surface area (Å²) in [6, 6.07) is 4.04. The number of benzene rings is 1. The molecule has 1 saturated carbocycles. The topological polar surface area (TPSA) is 74.5 Å². The monoisotopic (exact) mass is 547 g/mol. The number of aliphatic hydroxyl groups is 1. The van der Waals surface area contributed by atoms with Gasteiger partial charge in [0, 0.05) is 42.9 Å². The summed E-state index contributed by atoms with van der Waals surface area (Å²) in [4.78, 5) is 4.52. The summed E-state index contributed by atoms with van der Waals surface area (Å²) in [6.45, 7) is 4.74. The third-order valence-electron chi connectivity index (χ3n) is 5.86. The van der Waals surface area contributed by atoms with Gasteiger partial charge < -0.3 is 15.7 Å². The maximum absolute atomic E-state index is 14.6. The SMILES string of the molecule is CCNC(=NCC(C)(O)c1cnn(C)c1)NCC1(c2c(F)cccc2F)CCCC1.I. The van der Waals surface area contributed by atoms with Crippen LogP contribution in [0, 0.1) is 11.6 Å². The van der Waals surface area contributed by atoms with Crippen molar-refractivity contribution in [3.63, 3.8) is 0 Å². The lowest BCUT2D eigenvalue weighted by atomic mass is 9.78. The molecule has 31 heavy (non-hydrogen) atoms. The zero-order valence-electron chi connectivity index (χ0n) is 18.3. The first-order valence-electron chi connectivity index (χ1n) is 10.5. The van der Waals surface area contributed by atoms with Gasteiger partial charge in [-0.15, -0.1) is 24.0 Å². The first kappa shape index (κ1) is 25.5. The zero-order chi connectivity index (χ0) is 21.8. The predicted molar refractivity (Wildman–Crippen MR) is 129 cm³/mol. The summed E-state index contributed by atoms with van der Waals surface area (Å²) in [5, 5.41) is 21.3. The van der Waals surface area contributed by atoms with E-state index < -0.39 is 22.7 Å². The number of nitrogens with one attached hydrogen (secondary N) is 2. The van der Waals surface area contributed by atoms with E-state index in [9.17, 15) is 13.9 Å². The van der Waals surface area contributed by atoms with E-state index in [4.69, 9.17) is 0 Å². The van der Waals surface area contributed by atoms with Gasteiger partial charge in [-0.25, -0.2) is 13.8 Å². The van der Waals surface area contributed by atoms with Crippen LogP contribution < -0.4 is 10.6 Å². The average Bonchev–Trinajstić information content (AvgIpc) is 3.34. The van der Waals surface area contributed by atoms with Gasteiger partial charge >= 0.3 is 0 Å². The Bertz CT molecular complexity index is 874. The lowest BCUT2D eigenvalue weighted by Gasteiger charge is -2.31. The van der Waals surface area contributed by atoms with Crippen LogP contribution in [0.4, 0.5) is 8.78 Å². The van der Waals surface area contributed by atoms with Gasteiger partial charge in [0.05, 0.1) is 12.7 Å². The molecule has 172 valence electrons. The van der Waals surface area contributed by atoms with E-state index in [-0.39, 0.29) is 36.1 Å². The summed E-state index contributed by atoms with van der Waals surface area (Å²) in [5.74, 6) is -0.495. The van der Waals surface area contributed by atoms with Crippen LogP contribution in [0.2, 0.25) is 0 Å². The van der Waals surface area contributed by atoms with E-state index in [2.05, 4.69) is 20.7 Å². The fraction of sp³-hybridized carbons (Fsp3) is 0.545. The summed E-state index contributed by atoms with van der Waals surface area (Å²) in [7, 11) is 1.79. The first-order chi connectivity index (χ1) is 14.3. The van der Waals surface area contributed by atoms with Crippen molar-refractivity contribution in [2.45, 2.75) is 50.5 Å². The molecule has 9 heteroatoms. The van der Waals surface area contributed by atoms with Gasteiger partial charge in [-0.2, -0.15) is 5.10 Å². The van der Waals surface area contributed by atoms with E-state index in [1.807, 2.05) is 6.92 Å². The van der Waals surface area contributed by atoms with E-state index >= 15 is 0 Å². The fourth-order valence-electron chi connectivity index (χ4n) is 4.19. The third-order valence-corrected chi connectivity index (χ3v) is 5.86. The lowest BCUT2D eigenvalue weighted by molar-refractivity contribution is 0.0671. The molecule has 0 radical (unpaired) electrons. The number of halogens is 3. The van der Waals surface area contributed by atoms with Gasteiger partial charge in [0.25, 0.3) is 0 Å². The minimum Gasteiger partial charge on any atom is -0.383 e. The van der Waals surface area contributed by atoms with E-state index in [1.54, 1.807) is 31.0 Å². The molecule has 0 bridgehead atoms. The van der Waals surface area contributed by atoms with Crippen LogP contribution in [-0.2, 0) is 18.1 Å². The molecule has 1 aliphatic carbocycles. The number of aromatic nitrogens is 2. The van der Waals surface area contributed by atoms with Crippen molar-refractivity contribution in [2.24, 2.45) is 12.0 Å². The standard InChI is InChI=1S/C22H31F2N5O.HI/c1-4-25-20(26-14-21(2,30)16-12-28-29(3)13-16)27-15-22(10-5-6-11-22)19-17(23)8-7-9-18(19)24;/h7-9,12-13,30H,4-6,10-11,14-15H2,1-3H3,(H2,25,26,27);1H. The molecule has 2 aromatic rings. The van der Waals surface area contributed by atoms with Gasteiger partial charge in [0.15, 0.2) is 5.96 Å². The van der Waals surface area contributed by atoms with Crippen molar-refractivity contribution in [1.82, 2.24) is 20.4 Å². The Morgan fingerprint density at radius 1 is 1.26 bits per heavy atom. The molecule has 3 N–H and O–H groups in total. The molecule has 0 amide bonds. The second-order valence-corrected chi connectivity index (χ2v) is 8.31. The molecule has 0 spiro atoms. The zero-order valence-corrected chi connectivity index (χ0v) is 20.6. The lowest BCUT2D eigenvalue weighted by Crippen LogP contribution is -2.46. The number of nitrogens with zero attached hydrogens (tertiary/aromatic N) is 3. The van der Waals surface area contributed by atoms with Crippen molar-refractivity contribution < 1.29 is 13.9 Å². The van der Waals surface area contributed by atoms with Gasteiger partial charge in [0.2, 0.25) is 0 Å². The number of hydrogen-bond acceptors (Lipinski definition) is 3. The fourth-order valence-corrected chi connectivity index (χ4v) is 4.19. The molecule has 0 aliphatic heterocycles. The maximum Gasteiger partial charge on any atom is 0.191 e. The van der Waals surface area contributed by atoms with E-state index in [1.165, 1.54) is 18.2 Å². The predicted octanol–water partition coefficient (Wildman–Crippen LogP) is 3.59. The van der Waals surface area contributed by atoms with Crippen LogP contribution in [0.25, 0.3) is 0 Å². The molecular formula is C22H32F2IN5O. The molecule has 1 unspecified atom stereocenters. The quantitative estimate of drug-likeness (QED) is 0.282. The number of rotatable bonds is 7. The van der Waals surface area contributed by atoms with Crippen LogP contribution in [0.5, 0.6) is 0 Å². The third kappa shape index (κ3) is 5.94. The molecule has 1 fully saturated rings. The largest absolute Gasteiger partial charge is 0.383 e. The van der Waals surface area contributed by atoms with Gasteiger partial charge in [-0.3, -0.25) is 4.68 Å². The number of aryl methyl sites for hydroxylation is 1. The van der Waals surface area contributed by atoms with Gasteiger partial charge in [0.1, 0.15) is 17.2 Å². The van der Waals surface area contributed by atoms with Gasteiger partial charge in [-0.05, 0) is 38.8 Å². The van der Waals surface area contributed by atoms with Crippen molar-refractivity contribution in [2.75, 3.05) is 19.6 Å². The Morgan fingerprint density at radius 2 is 1.90 bits per heavy atom. The Hall–Kier alpha value is -1.75. The van der Waals surface area contributed by atoms with Crippen molar-refractivity contribution in [1.29, 1.82) is 0 Å². The molecule has 1 aromatic heterocycles. The van der Waals surface area contributed by atoms with Crippen molar-refractivity contribution in [3.8, 4) is 0 Å².